The van der Waals surface area contributed by atoms with Gasteiger partial charge >= 0.3 is 5.69 Å². The number of nitro groups is 1. The number of nitrogens with zero attached hydrogens (tertiary/aromatic N) is 2. The van der Waals surface area contributed by atoms with Gasteiger partial charge in [-0.3, -0.25) is 10.1 Å². The first-order valence-corrected chi connectivity index (χ1v) is 6.87. The van der Waals surface area contributed by atoms with E-state index >= 15 is 0 Å². The average molecular weight is 279 g/mol. The molecule has 1 atom stereocenters. The lowest BCUT2D eigenvalue weighted by molar-refractivity contribution is -0.385. The lowest BCUT2D eigenvalue weighted by Crippen LogP contribution is -2.39. The summed E-state index contributed by atoms with van der Waals surface area (Å²) in [5.41, 5.74) is 1.01. The minimum Gasteiger partial charge on any atom is -0.490 e. The van der Waals surface area contributed by atoms with E-state index in [1.165, 1.54) is 19.6 Å². The summed E-state index contributed by atoms with van der Waals surface area (Å²) in [6, 6.07) is 5.10. The molecule has 0 aromatic heterocycles. The summed E-state index contributed by atoms with van der Waals surface area (Å²) >= 11 is 0. The van der Waals surface area contributed by atoms with Crippen molar-refractivity contribution in [1.29, 1.82) is 0 Å². The summed E-state index contributed by atoms with van der Waals surface area (Å²) in [7, 11) is 3.43. The van der Waals surface area contributed by atoms with Crippen LogP contribution in [0.3, 0.4) is 0 Å². The Morgan fingerprint density at radius 1 is 1.55 bits per heavy atom. The molecule has 1 unspecified atom stereocenters. The molecule has 0 radical (unpaired) electrons. The Morgan fingerprint density at radius 2 is 2.35 bits per heavy atom. The van der Waals surface area contributed by atoms with Crippen LogP contribution in [0.2, 0.25) is 0 Å². The van der Waals surface area contributed by atoms with Crippen molar-refractivity contribution < 1.29 is 9.66 Å². The summed E-state index contributed by atoms with van der Waals surface area (Å²) in [5.74, 6) is 0.943. The van der Waals surface area contributed by atoms with Gasteiger partial charge in [0.1, 0.15) is 0 Å². The van der Waals surface area contributed by atoms with Crippen LogP contribution in [0.15, 0.2) is 18.2 Å². The van der Waals surface area contributed by atoms with Crippen LogP contribution in [-0.2, 0) is 0 Å². The van der Waals surface area contributed by atoms with Crippen molar-refractivity contribution in [2.24, 2.45) is 5.92 Å². The van der Waals surface area contributed by atoms with Gasteiger partial charge in [-0.05, 0) is 38.4 Å². The van der Waals surface area contributed by atoms with E-state index in [1.807, 2.05) is 13.1 Å². The maximum Gasteiger partial charge on any atom is 0.311 e. The van der Waals surface area contributed by atoms with Crippen LogP contribution in [0.4, 0.5) is 11.4 Å². The maximum absolute atomic E-state index is 10.9. The number of anilines is 1. The van der Waals surface area contributed by atoms with Crippen molar-refractivity contribution in [3.63, 3.8) is 0 Å². The van der Waals surface area contributed by atoms with Gasteiger partial charge in [-0.1, -0.05) is 0 Å². The van der Waals surface area contributed by atoms with Gasteiger partial charge in [0.15, 0.2) is 5.75 Å². The first-order valence-electron chi connectivity index (χ1n) is 6.87. The first kappa shape index (κ1) is 14.6. The molecule has 0 bridgehead atoms. The van der Waals surface area contributed by atoms with Crippen molar-refractivity contribution >= 4 is 11.4 Å². The molecule has 1 aliphatic heterocycles. The molecule has 1 saturated heterocycles. The predicted molar refractivity (Wildman–Crippen MR) is 78.5 cm³/mol. The molecule has 2 rings (SSSR count). The Kier molecular flexibility index (Phi) is 4.79. The molecule has 110 valence electrons. The SMILES string of the molecule is CNCC1CCCN(c2ccc([N+](=O)[O-])c(OC)c2)C1. The minimum absolute atomic E-state index is 0.0139. The van der Waals surface area contributed by atoms with Crippen molar-refractivity contribution in [3.8, 4) is 5.75 Å². The molecule has 1 fully saturated rings. The zero-order valence-corrected chi connectivity index (χ0v) is 12.0. The van der Waals surface area contributed by atoms with Crippen molar-refractivity contribution in [2.45, 2.75) is 12.8 Å². The Bertz CT molecular complexity index is 477. The number of hydrogen-bond acceptors (Lipinski definition) is 5. The third-order valence-electron chi connectivity index (χ3n) is 3.74. The van der Waals surface area contributed by atoms with Gasteiger partial charge in [-0.2, -0.15) is 0 Å². The van der Waals surface area contributed by atoms with Crippen molar-refractivity contribution in [3.05, 3.63) is 28.3 Å². The standard InChI is InChI=1S/C14H21N3O3/c1-15-9-11-4-3-7-16(10-11)12-5-6-13(17(18)19)14(8-12)20-2/h5-6,8,11,15H,3-4,7,9-10H2,1-2H3. The molecular formula is C14H21N3O3. The molecule has 1 aromatic carbocycles. The van der Waals surface area contributed by atoms with Gasteiger partial charge in [-0.15, -0.1) is 0 Å². The van der Waals surface area contributed by atoms with E-state index in [2.05, 4.69) is 10.2 Å². The molecule has 1 aromatic rings. The highest BCUT2D eigenvalue weighted by Gasteiger charge is 2.22. The fourth-order valence-corrected chi connectivity index (χ4v) is 2.77. The third kappa shape index (κ3) is 3.19. The quantitative estimate of drug-likeness (QED) is 0.660. The maximum atomic E-state index is 10.9. The van der Waals surface area contributed by atoms with Gasteiger partial charge in [0.25, 0.3) is 0 Å². The Morgan fingerprint density at radius 3 is 3.00 bits per heavy atom. The number of benzene rings is 1. The van der Waals surface area contributed by atoms with Crippen LogP contribution in [0.1, 0.15) is 12.8 Å². The van der Waals surface area contributed by atoms with Crippen LogP contribution in [0.25, 0.3) is 0 Å². The molecule has 1 N–H and O–H groups in total. The van der Waals surface area contributed by atoms with Gasteiger partial charge in [0.2, 0.25) is 0 Å². The molecule has 1 heterocycles. The number of rotatable bonds is 5. The molecular weight excluding hydrogens is 258 g/mol. The summed E-state index contributed by atoms with van der Waals surface area (Å²) in [6.07, 6.45) is 2.37. The number of nitro benzene ring substituents is 1. The second-order valence-electron chi connectivity index (χ2n) is 5.13. The summed E-state index contributed by atoms with van der Waals surface area (Å²) < 4.78 is 5.13. The third-order valence-corrected chi connectivity index (χ3v) is 3.74. The number of ether oxygens (including phenoxy) is 1. The van der Waals surface area contributed by atoms with E-state index in [0.717, 1.165) is 31.7 Å². The zero-order valence-electron chi connectivity index (χ0n) is 12.0. The number of hydrogen-bond donors (Lipinski definition) is 1. The monoisotopic (exact) mass is 279 g/mol. The second kappa shape index (κ2) is 6.56. The fourth-order valence-electron chi connectivity index (χ4n) is 2.77. The molecule has 0 spiro atoms. The van der Waals surface area contributed by atoms with E-state index < -0.39 is 4.92 Å². The Labute approximate surface area is 118 Å². The summed E-state index contributed by atoms with van der Waals surface area (Å²) in [5, 5.41) is 14.1. The highest BCUT2D eigenvalue weighted by molar-refractivity contribution is 5.59. The number of piperidine rings is 1. The van der Waals surface area contributed by atoms with E-state index in [-0.39, 0.29) is 5.69 Å². The highest BCUT2D eigenvalue weighted by Crippen LogP contribution is 2.33. The van der Waals surface area contributed by atoms with Crippen molar-refractivity contribution in [1.82, 2.24) is 5.32 Å². The second-order valence-corrected chi connectivity index (χ2v) is 5.13. The topological polar surface area (TPSA) is 67.6 Å². The van der Waals surface area contributed by atoms with Crippen molar-refractivity contribution in [2.75, 3.05) is 38.7 Å². The lowest BCUT2D eigenvalue weighted by Gasteiger charge is -2.34. The number of nitrogens with one attached hydrogen (secondary N) is 1. The normalized spacial score (nSPS) is 18.9. The first-order chi connectivity index (χ1) is 9.65. The van der Waals surface area contributed by atoms with E-state index in [9.17, 15) is 10.1 Å². The molecule has 1 aliphatic rings. The molecule has 20 heavy (non-hydrogen) atoms. The summed E-state index contributed by atoms with van der Waals surface area (Å²) in [6.45, 7) is 2.96. The molecule has 6 nitrogen and oxygen atoms in total. The van der Waals surface area contributed by atoms with Gasteiger partial charge in [0, 0.05) is 30.9 Å². The smallest absolute Gasteiger partial charge is 0.311 e. The largest absolute Gasteiger partial charge is 0.490 e. The summed E-state index contributed by atoms with van der Waals surface area (Å²) in [4.78, 5) is 12.8. The molecule has 0 saturated carbocycles. The van der Waals surface area contributed by atoms with E-state index in [1.54, 1.807) is 6.07 Å². The van der Waals surface area contributed by atoms with E-state index in [0.29, 0.717) is 11.7 Å². The molecule has 6 heteroatoms. The fraction of sp³-hybridized carbons (Fsp3) is 0.571. The number of methoxy groups -OCH3 is 1. The van der Waals surface area contributed by atoms with Gasteiger partial charge < -0.3 is 15.0 Å². The van der Waals surface area contributed by atoms with Crippen LogP contribution in [-0.4, -0.2) is 38.7 Å². The van der Waals surface area contributed by atoms with Gasteiger partial charge in [-0.25, -0.2) is 0 Å². The van der Waals surface area contributed by atoms with Crippen LogP contribution in [0.5, 0.6) is 5.75 Å². The lowest BCUT2D eigenvalue weighted by atomic mass is 9.97. The zero-order chi connectivity index (χ0) is 14.5. The highest BCUT2D eigenvalue weighted by atomic mass is 16.6. The van der Waals surface area contributed by atoms with Crippen LogP contribution in [0, 0.1) is 16.0 Å². The molecule has 0 aliphatic carbocycles. The Hall–Kier alpha value is -1.82. The van der Waals surface area contributed by atoms with E-state index in [4.69, 9.17) is 4.74 Å². The minimum atomic E-state index is -0.414. The molecule has 0 amide bonds. The van der Waals surface area contributed by atoms with Gasteiger partial charge in [0.05, 0.1) is 12.0 Å². The Balaban J connectivity index is 2.18. The average Bonchev–Trinajstić information content (AvgIpc) is 2.47. The van der Waals surface area contributed by atoms with Crippen LogP contribution < -0.4 is 15.0 Å². The van der Waals surface area contributed by atoms with Crippen LogP contribution >= 0.6 is 0 Å². The predicted octanol–water partition coefficient (Wildman–Crippen LogP) is 2.04.